The normalized spacial score (nSPS) is 18.2. The van der Waals surface area contributed by atoms with Crippen LogP contribution in [0.25, 0.3) is 0 Å². The van der Waals surface area contributed by atoms with Crippen LogP contribution in [0.15, 0.2) is 18.2 Å². The van der Waals surface area contributed by atoms with Gasteiger partial charge in [0.2, 0.25) is 0 Å². The molecular weight excluding hydrogens is 330 g/mol. The SMILES string of the molecule is COC(=O)c1ccc(C2CCCN(C(=O)OC(C)(C)C)C2)cc1Cl. The predicted molar refractivity (Wildman–Crippen MR) is 92.6 cm³/mol. The highest BCUT2D eigenvalue weighted by atomic mass is 35.5. The van der Waals surface area contributed by atoms with Gasteiger partial charge in [0.15, 0.2) is 0 Å². The van der Waals surface area contributed by atoms with Crippen LogP contribution >= 0.6 is 11.6 Å². The van der Waals surface area contributed by atoms with Gasteiger partial charge in [0.25, 0.3) is 0 Å². The number of amides is 1. The van der Waals surface area contributed by atoms with Crippen molar-refractivity contribution in [1.29, 1.82) is 0 Å². The average molecular weight is 354 g/mol. The molecule has 0 N–H and O–H groups in total. The van der Waals surface area contributed by atoms with Crippen LogP contribution in [-0.4, -0.2) is 42.8 Å². The number of likely N-dealkylation sites (tertiary alicyclic amines) is 1. The Bertz CT molecular complexity index is 624. The lowest BCUT2D eigenvalue weighted by Crippen LogP contribution is -2.42. The number of methoxy groups -OCH3 is 1. The van der Waals surface area contributed by atoms with E-state index >= 15 is 0 Å². The van der Waals surface area contributed by atoms with E-state index < -0.39 is 11.6 Å². The first kappa shape index (κ1) is 18.6. The molecule has 0 bridgehead atoms. The first-order valence-corrected chi connectivity index (χ1v) is 8.45. The monoisotopic (exact) mass is 353 g/mol. The fourth-order valence-corrected chi connectivity index (χ4v) is 3.07. The zero-order valence-electron chi connectivity index (χ0n) is 14.6. The summed E-state index contributed by atoms with van der Waals surface area (Å²) in [5, 5.41) is 0.369. The van der Waals surface area contributed by atoms with Gasteiger partial charge in [0.1, 0.15) is 5.60 Å². The van der Waals surface area contributed by atoms with Gasteiger partial charge in [0.05, 0.1) is 17.7 Å². The number of carbonyl (C=O) groups excluding carboxylic acids is 2. The van der Waals surface area contributed by atoms with Crippen LogP contribution in [0, 0.1) is 0 Å². The van der Waals surface area contributed by atoms with Crippen molar-refractivity contribution < 1.29 is 19.1 Å². The van der Waals surface area contributed by atoms with Crippen molar-refractivity contribution >= 4 is 23.7 Å². The number of carbonyl (C=O) groups is 2. The molecule has 1 heterocycles. The number of rotatable bonds is 2. The van der Waals surface area contributed by atoms with Gasteiger partial charge < -0.3 is 14.4 Å². The number of hydrogen-bond acceptors (Lipinski definition) is 4. The number of ether oxygens (including phenoxy) is 2. The molecule has 1 aromatic carbocycles. The molecule has 132 valence electrons. The van der Waals surface area contributed by atoms with Crippen LogP contribution in [0.3, 0.4) is 0 Å². The third-order valence-electron chi connectivity index (χ3n) is 3.94. The molecule has 1 fully saturated rings. The van der Waals surface area contributed by atoms with Gasteiger partial charge in [-0.15, -0.1) is 0 Å². The molecule has 0 aliphatic carbocycles. The predicted octanol–water partition coefficient (Wildman–Crippen LogP) is 4.24. The van der Waals surface area contributed by atoms with Crippen molar-refractivity contribution in [3.05, 3.63) is 34.3 Å². The maximum Gasteiger partial charge on any atom is 0.410 e. The molecule has 6 heteroatoms. The van der Waals surface area contributed by atoms with E-state index in [2.05, 4.69) is 0 Å². The quantitative estimate of drug-likeness (QED) is 0.746. The Morgan fingerprint density at radius 1 is 1.29 bits per heavy atom. The minimum atomic E-state index is -0.504. The Labute approximate surface area is 147 Å². The van der Waals surface area contributed by atoms with Gasteiger partial charge in [-0.1, -0.05) is 17.7 Å². The lowest BCUT2D eigenvalue weighted by atomic mass is 9.90. The Hall–Kier alpha value is -1.75. The third kappa shape index (κ3) is 4.63. The van der Waals surface area contributed by atoms with Crippen LogP contribution in [0.1, 0.15) is 55.5 Å². The van der Waals surface area contributed by atoms with Crippen molar-refractivity contribution in [2.75, 3.05) is 20.2 Å². The van der Waals surface area contributed by atoms with Crippen LogP contribution < -0.4 is 0 Å². The zero-order valence-corrected chi connectivity index (χ0v) is 15.4. The highest BCUT2D eigenvalue weighted by molar-refractivity contribution is 6.33. The summed E-state index contributed by atoms with van der Waals surface area (Å²) in [4.78, 5) is 25.6. The number of piperidine rings is 1. The largest absolute Gasteiger partial charge is 0.465 e. The van der Waals surface area contributed by atoms with E-state index in [1.165, 1.54) is 7.11 Å². The fraction of sp³-hybridized carbons (Fsp3) is 0.556. The lowest BCUT2D eigenvalue weighted by molar-refractivity contribution is 0.0198. The highest BCUT2D eigenvalue weighted by Gasteiger charge is 2.28. The van der Waals surface area contributed by atoms with Gasteiger partial charge in [-0.2, -0.15) is 0 Å². The standard InChI is InChI=1S/C18H24ClNO4/c1-18(2,3)24-17(22)20-9-5-6-13(11-20)12-7-8-14(15(19)10-12)16(21)23-4/h7-8,10,13H,5-6,9,11H2,1-4H3. The van der Waals surface area contributed by atoms with Gasteiger partial charge in [-0.25, -0.2) is 9.59 Å². The number of hydrogen-bond donors (Lipinski definition) is 0. The second kappa shape index (κ2) is 7.43. The van der Waals surface area contributed by atoms with E-state index in [1.807, 2.05) is 26.8 Å². The molecule has 1 aliphatic heterocycles. The number of halogens is 1. The molecule has 0 aromatic heterocycles. The molecule has 1 aromatic rings. The van der Waals surface area contributed by atoms with E-state index in [0.29, 0.717) is 23.7 Å². The smallest absolute Gasteiger partial charge is 0.410 e. The van der Waals surface area contributed by atoms with Crippen molar-refractivity contribution in [3.8, 4) is 0 Å². The Morgan fingerprint density at radius 3 is 2.58 bits per heavy atom. The first-order chi connectivity index (χ1) is 11.2. The summed E-state index contributed by atoms with van der Waals surface area (Å²) < 4.78 is 10.2. The van der Waals surface area contributed by atoms with E-state index in [4.69, 9.17) is 21.1 Å². The van der Waals surface area contributed by atoms with Gasteiger partial charge >= 0.3 is 12.1 Å². The average Bonchev–Trinajstić information content (AvgIpc) is 2.52. The second-order valence-electron chi connectivity index (χ2n) is 7.00. The highest BCUT2D eigenvalue weighted by Crippen LogP contribution is 2.30. The molecule has 2 rings (SSSR count). The van der Waals surface area contributed by atoms with E-state index in [1.54, 1.807) is 17.0 Å². The van der Waals surface area contributed by atoms with E-state index in [0.717, 1.165) is 18.4 Å². The molecule has 0 radical (unpaired) electrons. The molecule has 1 atom stereocenters. The third-order valence-corrected chi connectivity index (χ3v) is 4.26. The van der Waals surface area contributed by atoms with Crippen molar-refractivity contribution in [1.82, 2.24) is 4.90 Å². The Balaban J connectivity index is 2.11. The summed E-state index contributed by atoms with van der Waals surface area (Å²) in [6, 6.07) is 5.34. The molecule has 1 aliphatic rings. The molecule has 0 saturated carbocycles. The van der Waals surface area contributed by atoms with Crippen molar-refractivity contribution in [2.24, 2.45) is 0 Å². The van der Waals surface area contributed by atoms with Crippen molar-refractivity contribution in [3.63, 3.8) is 0 Å². The minimum absolute atomic E-state index is 0.176. The summed E-state index contributed by atoms with van der Waals surface area (Å²) in [6.45, 7) is 6.86. The lowest BCUT2D eigenvalue weighted by Gasteiger charge is -2.34. The van der Waals surface area contributed by atoms with Crippen LogP contribution in [-0.2, 0) is 9.47 Å². The molecule has 1 saturated heterocycles. The van der Waals surface area contributed by atoms with Crippen LogP contribution in [0.2, 0.25) is 5.02 Å². The van der Waals surface area contributed by atoms with Gasteiger partial charge in [0, 0.05) is 19.0 Å². The Morgan fingerprint density at radius 2 is 2.00 bits per heavy atom. The summed E-state index contributed by atoms with van der Waals surface area (Å²) in [7, 11) is 1.33. The summed E-state index contributed by atoms with van der Waals surface area (Å²) >= 11 is 6.20. The summed E-state index contributed by atoms with van der Waals surface area (Å²) in [6.07, 6.45) is 1.58. The molecular formula is C18H24ClNO4. The van der Waals surface area contributed by atoms with Gasteiger partial charge in [-0.3, -0.25) is 0 Å². The minimum Gasteiger partial charge on any atom is -0.465 e. The van der Waals surface area contributed by atoms with E-state index in [-0.39, 0.29) is 12.0 Å². The van der Waals surface area contributed by atoms with Gasteiger partial charge in [-0.05, 0) is 51.3 Å². The molecule has 5 nitrogen and oxygen atoms in total. The zero-order chi connectivity index (χ0) is 17.9. The second-order valence-corrected chi connectivity index (χ2v) is 7.40. The maximum absolute atomic E-state index is 12.3. The molecule has 0 spiro atoms. The fourth-order valence-electron chi connectivity index (χ4n) is 2.80. The van der Waals surface area contributed by atoms with Crippen LogP contribution in [0.4, 0.5) is 4.79 Å². The first-order valence-electron chi connectivity index (χ1n) is 8.07. The maximum atomic E-state index is 12.3. The number of benzene rings is 1. The summed E-state index contributed by atoms with van der Waals surface area (Å²) in [5.74, 6) is -0.277. The van der Waals surface area contributed by atoms with Crippen LogP contribution in [0.5, 0.6) is 0 Å². The molecule has 1 unspecified atom stereocenters. The van der Waals surface area contributed by atoms with Crippen molar-refractivity contribution in [2.45, 2.75) is 45.1 Å². The Kier molecular flexibility index (Phi) is 5.75. The number of nitrogens with zero attached hydrogens (tertiary/aromatic N) is 1. The van der Waals surface area contributed by atoms with E-state index in [9.17, 15) is 9.59 Å². The number of esters is 1. The summed E-state index contributed by atoms with van der Waals surface area (Å²) in [5.41, 5.74) is 0.860. The molecule has 24 heavy (non-hydrogen) atoms. The molecule has 1 amide bonds. The topological polar surface area (TPSA) is 55.8 Å².